The highest BCUT2D eigenvalue weighted by molar-refractivity contribution is 9.10. The lowest BCUT2D eigenvalue weighted by atomic mass is 10.3. The average Bonchev–Trinajstić information content (AvgIpc) is 2.42. The molecule has 2 N–H and O–H groups in total. The first-order valence-electron chi connectivity index (χ1n) is 5.79. The molecular weight excluding hydrogens is 330 g/mol. The van der Waals surface area contributed by atoms with Crippen LogP contribution in [0.5, 0.6) is 0 Å². The molecule has 0 saturated carbocycles. The van der Waals surface area contributed by atoms with E-state index in [1.165, 1.54) is 6.07 Å². The summed E-state index contributed by atoms with van der Waals surface area (Å²) < 4.78 is 27.6. The van der Waals surface area contributed by atoms with E-state index in [1.54, 1.807) is 12.1 Å². The molecule has 2 aromatic carbocycles. The Morgan fingerprint density at radius 1 is 1.05 bits per heavy atom. The molecule has 0 radical (unpaired) electrons. The smallest absolute Gasteiger partial charge is 0.243 e. The highest BCUT2D eigenvalue weighted by Gasteiger charge is 2.11. The minimum Gasteiger partial charge on any atom is -0.376 e. The molecule has 0 unspecified atom stereocenters. The van der Waals surface area contributed by atoms with Crippen LogP contribution in [0.4, 0.5) is 20.2 Å². The third kappa shape index (κ3) is 3.77. The van der Waals surface area contributed by atoms with Gasteiger partial charge in [-0.3, -0.25) is 4.79 Å². The Hall–Kier alpha value is -1.95. The summed E-state index contributed by atoms with van der Waals surface area (Å²) in [7, 11) is 0. The van der Waals surface area contributed by atoms with Crippen LogP contribution in [0.1, 0.15) is 0 Å². The standard InChI is InChI=1S/C14H11BrF2N2O/c15-9-4-6-10(7-5-9)18-8-13(20)19-14-11(16)2-1-3-12(14)17/h1-7,18H,8H2,(H,19,20). The topological polar surface area (TPSA) is 41.1 Å². The van der Waals surface area contributed by atoms with Gasteiger partial charge in [-0.15, -0.1) is 0 Å². The molecule has 0 aliphatic carbocycles. The van der Waals surface area contributed by atoms with Gasteiger partial charge in [-0.05, 0) is 36.4 Å². The van der Waals surface area contributed by atoms with Crippen LogP contribution in [0.25, 0.3) is 0 Å². The molecule has 0 fully saturated rings. The van der Waals surface area contributed by atoms with E-state index in [-0.39, 0.29) is 6.54 Å². The fourth-order valence-electron chi connectivity index (χ4n) is 1.55. The molecule has 0 aliphatic rings. The van der Waals surface area contributed by atoms with Gasteiger partial charge in [0.15, 0.2) is 0 Å². The summed E-state index contributed by atoms with van der Waals surface area (Å²) in [6.07, 6.45) is 0. The van der Waals surface area contributed by atoms with Crippen LogP contribution in [0.2, 0.25) is 0 Å². The number of para-hydroxylation sites is 1. The highest BCUT2D eigenvalue weighted by atomic mass is 79.9. The van der Waals surface area contributed by atoms with Crippen LogP contribution in [-0.4, -0.2) is 12.5 Å². The maximum absolute atomic E-state index is 13.3. The number of amides is 1. The molecule has 2 rings (SSSR count). The number of carbonyl (C=O) groups is 1. The zero-order chi connectivity index (χ0) is 14.5. The van der Waals surface area contributed by atoms with Gasteiger partial charge in [0.05, 0.1) is 6.54 Å². The number of halogens is 3. The zero-order valence-corrected chi connectivity index (χ0v) is 11.9. The minimum absolute atomic E-state index is 0.0879. The Bertz CT molecular complexity index is 597. The Balaban J connectivity index is 1.94. The fourth-order valence-corrected chi connectivity index (χ4v) is 1.82. The van der Waals surface area contributed by atoms with E-state index in [1.807, 2.05) is 12.1 Å². The van der Waals surface area contributed by atoms with Gasteiger partial charge in [0.2, 0.25) is 5.91 Å². The van der Waals surface area contributed by atoms with Crippen molar-refractivity contribution in [2.24, 2.45) is 0 Å². The number of hydrogen-bond donors (Lipinski definition) is 2. The number of carbonyl (C=O) groups excluding carboxylic acids is 1. The third-order valence-electron chi connectivity index (χ3n) is 2.52. The van der Waals surface area contributed by atoms with Gasteiger partial charge in [0.1, 0.15) is 17.3 Å². The van der Waals surface area contributed by atoms with E-state index in [9.17, 15) is 13.6 Å². The summed E-state index contributed by atoms with van der Waals surface area (Å²) in [5, 5.41) is 5.05. The Kier molecular flexibility index (Phi) is 4.68. The molecule has 3 nitrogen and oxygen atoms in total. The number of benzene rings is 2. The molecule has 0 bridgehead atoms. The summed E-state index contributed by atoms with van der Waals surface area (Å²) in [5.74, 6) is -2.14. The Morgan fingerprint density at radius 3 is 2.25 bits per heavy atom. The van der Waals surface area contributed by atoms with Crippen molar-refractivity contribution < 1.29 is 13.6 Å². The van der Waals surface area contributed by atoms with Crippen molar-refractivity contribution in [2.45, 2.75) is 0 Å². The fraction of sp³-hybridized carbons (Fsp3) is 0.0714. The summed E-state index contributed by atoms with van der Waals surface area (Å²) in [6.45, 7) is -0.0879. The quantitative estimate of drug-likeness (QED) is 0.889. The van der Waals surface area contributed by atoms with Gasteiger partial charge < -0.3 is 10.6 Å². The van der Waals surface area contributed by atoms with Crippen LogP contribution in [0.3, 0.4) is 0 Å². The molecule has 20 heavy (non-hydrogen) atoms. The molecule has 2 aromatic rings. The third-order valence-corrected chi connectivity index (χ3v) is 3.05. The second-order valence-corrected chi connectivity index (χ2v) is 4.92. The van der Waals surface area contributed by atoms with Crippen molar-refractivity contribution in [1.82, 2.24) is 0 Å². The average molecular weight is 341 g/mol. The van der Waals surface area contributed by atoms with E-state index in [4.69, 9.17) is 0 Å². The second kappa shape index (κ2) is 6.47. The van der Waals surface area contributed by atoms with E-state index in [0.717, 1.165) is 22.3 Å². The number of rotatable bonds is 4. The molecular formula is C14H11BrF2N2O. The predicted octanol–water partition coefficient (Wildman–Crippen LogP) is 3.78. The minimum atomic E-state index is -0.804. The van der Waals surface area contributed by atoms with Crippen molar-refractivity contribution >= 4 is 33.2 Å². The van der Waals surface area contributed by atoms with E-state index in [0.29, 0.717) is 0 Å². The summed E-state index contributed by atoms with van der Waals surface area (Å²) in [6, 6.07) is 10.6. The zero-order valence-electron chi connectivity index (χ0n) is 10.3. The summed E-state index contributed by atoms with van der Waals surface area (Å²) >= 11 is 3.30. The van der Waals surface area contributed by atoms with Crippen LogP contribution in [0.15, 0.2) is 46.9 Å². The maximum atomic E-state index is 13.3. The lowest BCUT2D eigenvalue weighted by molar-refractivity contribution is -0.114. The predicted molar refractivity (Wildman–Crippen MR) is 77.6 cm³/mol. The molecule has 104 valence electrons. The van der Waals surface area contributed by atoms with Crippen LogP contribution < -0.4 is 10.6 Å². The normalized spacial score (nSPS) is 10.2. The highest BCUT2D eigenvalue weighted by Crippen LogP contribution is 2.18. The van der Waals surface area contributed by atoms with E-state index < -0.39 is 23.2 Å². The van der Waals surface area contributed by atoms with Gasteiger partial charge in [-0.1, -0.05) is 22.0 Å². The van der Waals surface area contributed by atoms with Gasteiger partial charge in [-0.2, -0.15) is 0 Å². The number of hydrogen-bond acceptors (Lipinski definition) is 2. The largest absolute Gasteiger partial charge is 0.376 e. The van der Waals surface area contributed by atoms with Crippen molar-refractivity contribution in [1.29, 1.82) is 0 Å². The molecule has 0 saturated heterocycles. The molecule has 0 atom stereocenters. The lowest BCUT2D eigenvalue weighted by Gasteiger charge is -2.09. The molecule has 0 heterocycles. The lowest BCUT2D eigenvalue weighted by Crippen LogP contribution is -2.22. The molecule has 0 aromatic heterocycles. The monoisotopic (exact) mass is 340 g/mol. The maximum Gasteiger partial charge on any atom is 0.243 e. The van der Waals surface area contributed by atoms with Crippen LogP contribution in [-0.2, 0) is 4.79 Å². The number of nitrogens with one attached hydrogen (secondary N) is 2. The molecule has 6 heteroatoms. The van der Waals surface area contributed by atoms with Crippen molar-refractivity contribution in [2.75, 3.05) is 17.2 Å². The summed E-state index contributed by atoms with van der Waals surface area (Å²) in [5.41, 5.74) is 0.299. The van der Waals surface area contributed by atoms with Gasteiger partial charge in [-0.25, -0.2) is 8.78 Å². The van der Waals surface area contributed by atoms with Crippen molar-refractivity contribution in [3.63, 3.8) is 0 Å². The first-order chi connectivity index (χ1) is 9.56. The Labute approximate surface area is 123 Å². The molecule has 0 spiro atoms. The second-order valence-electron chi connectivity index (χ2n) is 4.01. The Morgan fingerprint density at radius 2 is 1.65 bits per heavy atom. The first-order valence-corrected chi connectivity index (χ1v) is 6.59. The number of anilines is 2. The molecule has 0 aliphatic heterocycles. The SMILES string of the molecule is O=C(CNc1ccc(Br)cc1)Nc1c(F)cccc1F. The van der Waals surface area contributed by atoms with E-state index >= 15 is 0 Å². The molecule has 1 amide bonds. The van der Waals surface area contributed by atoms with Crippen molar-refractivity contribution in [3.05, 3.63) is 58.6 Å². The first kappa shape index (κ1) is 14.5. The summed E-state index contributed by atoms with van der Waals surface area (Å²) in [4.78, 5) is 11.6. The van der Waals surface area contributed by atoms with Crippen molar-refractivity contribution in [3.8, 4) is 0 Å². The van der Waals surface area contributed by atoms with Crippen LogP contribution in [0, 0.1) is 11.6 Å². The van der Waals surface area contributed by atoms with Gasteiger partial charge >= 0.3 is 0 Å². The van der Waals surface area contributed by atoms with E-state index in [2.05, 4.69) is 26.6 Å². The van der Waals surface area contributed by atoms with Gasteiger partial charge in [0, 0.05) is 10.2 Å². The van der Waals surface area contributed by atoms with Gasteiger partial charge in [0.25, 0.3) is 0 Å². The van der Waals surface area contributed by atoms with Crippen LogP contribution >= 0.6 is 15.9 Å².